The summed E-state index contributed by atoms with van der Waals surface area (Å²) in [6.45, 7) is 2.13. The summed E-state index contributed by atoms with van der Waals surface area (Å²) in [5.41, 5.74) is 11.5. The molecule has 50 heavy (non-hydrogen) atoms. The van der Waals surface area contributed by atoms with Crippen molar-refractivity contribution in [3.8, 4) is 16.9 Å². The number of Topliss-reactive ketones (excluding diaryl/α,β-unsaturated/α-hetero) is 1. The van der Waals surface area contributed by atoms with Crippen molar-refractivity contribution in [3.63, 3.8) is 0 Å². The number of rotatable bonds is 8. The van der Waals surface area contributed by atoms with Crippen LogP contribution in [-0.2, 0) is 0 Å². The van der Waals surface area contributed by atoms with Crippen molar-refractivity contribution in [2.75, 3.05) is 9.80 Å². The first kappa shape index (κ1) is 30.7. The highest BCUT2D eigenvalue weighted by Gasteiger charge is 2.26. The molecule has 4 heteroatoms. The molecule has 0 atom stereocenters. The second kappa shape index (κ2) is 13.5. The number of nitrogens with zero attached hydrogens (tertiary/aromatic N) is 2. The standard InChI is InChI=1S/C46H34N2O2/c1-33-11-10-16-42(31-33)48(38-14-6-3-7-15-38)41-29-23-36(24-30-41)35-21-27-40(28-22-35)47(37-12-4-2-5-13-37)39-25-19-34(20-26-39)32-45-46(49)43-17-8-9-18-44(43)50-45/h2-32H,1H3. The molecule has 4 nitrogen and oxygen atoms in total. The molecular weight excluding hydrogens is 613 g/mol. The van der Waals surface area contributed by atoms with Crippen molar-refractivity contribution >= 4 is 46.0 Å². The van der Waals surface area contributed by atoms with Gasteiger partial charge >= 0.3 is 0 Å². The zero-order chi connectivity index (χ0) is 33.9. The monoisotopic (exact) mass is 646 g/mol. The van der Waals surface area contributed by atoms with Crippen molar-refractivity contribution in [2.24, 2.45) is 0 Å². The van der Waals surface area contributed by atoms with E-state index in [4.69, 9.17) is 4.74 Å². The lowest BCUT2D eigenvalue weighted by atomic mass is 10.0. The highest BCUT2D eigenvalue weighted by molar-refractivity contribution is 6.14. The summed E-state index contributed by atoms with van der Waals surface area (Å²) in [5.74, 6) is 0.849. The number of hydrogen-bond donors (Lipinski definition) is 0. The second-order valence-corrected chi connectivity index (χ2v) is 12.3. The van der Waals surface area contributed by atoms with Crippen LogP contribution in [0.5, 0.6) is 5.75 Å². The second-order valence-electron chi connectivity index (χ2n) is 12.3. The zero-order valence-corrected chi connectivity index (χ0v) is 27.6. The number of ketones is 1. The molecule has 0 N–H and O–H groups in total. The largest absolute Gasteiger partial charge is 0.452 e. The van der Waals surface area contributed by atoms with Crippen molar-refractivity contribution in [2.45, 2.75) is 6.92 Å². The first-order valence-corrected chi connectivity index (χ1v) is 16.7. The average molecular weight is 647 g/mol. The van der Waals surface area contributed by atoms with Crippen molar-refractivity contribution < 1.29 is 9.53 Å². The minimum Gasteiger partial charge on any atom is -0.452 e. The molecule has 0 aliphatic carbocycles. The smallest absolute Gasteiger partial charge is 0.231 e. The van der Waals surface area contributed by atoms with E-state index in [-0.39, 0.29) is 5.78 Å². The predicted octanol–water partition coefficient (Wildman–Crippen LogP) is 12.2. The van der Waals surface area contributed by atoms with Crippen molar-refractivity contribution in [3.05, 3.63) is 204 Å². The van der Waals surface area contributed by atoms with E-state index in [0.29, 0.717) is 17.1 Å². The molecule has 7 aromatic carbocycles. The number of carbonyl (C=O) groups excluding carboxylic acids is 1. The Hall–Kier alpha value is -6.65. The van der Waals surface area contributed by atoms with Gasteiger partial charge in [-0.2, -0.15) is 0 Å². The molecule has 1 aliphatic heterocycles. The predicted molar refractivity (Wildman–Crippen MR) is 205 cm³/mol. The minimum absolute atomic E-state index is 0.0925. The average Bonchev–Trinajstić information content (AvgIpc) is 3.48. The van der Waals surface area contributed by atoms with E-state index in [1.165, 1.54) is 5.56 Å². The maximum absolute atomic E-state index is 12.8. The van der Waals surface area contributed by atoms with Gasteiger partial charge in [0.2, 0.25) is 5.78 Å². The van der Waals surface area contributed by atoms with Gasteiger partial charge in [0.25, 0.3) is 0 Å². The van der Waals surface area contributed by atoms with Crippen molar-refractivity contribution in [1.29, 1.82) is 0 Å². The maximum Gasteiger partial charge on any atom is 0.231 e. The van der Waals surface area contributed by atoms with E-state index in [1.54, 1.807) is 12.1 Å². The lowest BCUT2D eigenvalue weighted by Gasteiger charge is -2.26. The van der Waals surface area contributed by atoms with Crippen LogP contribution in [0.15, 0.2) is 188 Å². The molecule has 0 aromatic heterocycles. The number of aryl methyl sites for hydroxylation is 1. The van der Waals surface area contributed by atoms with E-state index in [2.05, 4.69) is 138 Å². The minimum atomic E-state index is -0.0925. The molecule has 1 aliphatic rings. The Balaban J connectivity index is 1.06. The van der Waals surface area contributed by atoms with Crippen LogP contribution in [0.3, 0.4) is 0 Å². The fraction of sp³-hybridized carbons (Fsp3) is 0.0217. The molecule has 0 bridgehead atoms. The fourth-order valence-corrected chi connectivity index (χ4v) is 6.43. The Morgan fingerprint density at radius 2 is 0.920 bits per heavy atom. The van der Waals surface area contributed by atoms with Gasteiger partial charge in [-0.05, 0) is 120 Å². The lowest BCUT2D eigenvalue weighted by molar-refractivity contribution is 0.101. The third-order valence-electron chi connectivity index (χ3n) is 8.90. The van der Waals surface area contributed by atoms with Crippen LogP contribution in [0.25, 0.3) is 17.2 Å². The third-order valence-corrected chi connectivity index (χ3v) is 8.90. The number of benzene rings is 7. The molecule has 240 valence electrons. The number of carbonyl (C=O) groups is 1. The van der Waals surface area contributed by atoms with Gasteiger partial charge in [-0.15, -0.1) is 0 Å². The summed E-state index contributed by atoms with van der Waals surface area (Å²) in [6, 6.07) is 62.4. The van der Waals surface area contributed by atoms with Crippen LogP contribution in [-0.4, -0.2) is 5.78 Å². The summed E-state index contributed by atoms with van der Waals surface area (Å²) >= 11 is 0. The van der Waals surface area contributed by atoms with Gasteiger partial charge in [0.05, 0.1) is 5.56 Å². The molecule has 1 heterocycles. The van der Waals surface area contributed by atoms with Gasteiger partial charge in [-0.3, -0.25) is 4.79 Å². The molecule has 7 aromatic rings. The molecule has 0 fully saturated rings. The first-order valence-electron chi connectivity index (χ1n) is 16.7. The number of fused-ring (bicyclic) bond motifs is 1. The van der Waals surface area contributed by atoms with E-state index in [1.807, 2.05) is 54.6 Å². The summed E-state index contributed by atoms with van der Waals surface area (Å²) in [4.78, 5) is 17.4. The fourth-order valence-electron chi connectivity index (χ4n) is 6.43. The first-order chi connectivity index (χ1) is 24.6. The Morgan fingerprint density at radius 3 is 1.46 bits per heavy atom. The number of ether oxygens (including phenoxy) is 1. The van der Waals surface area contributed by atoms with Crippen LogP contribution in [0, 0.1) is 6.92 Å². The Bertz CT molecular complexity index is 2300. The molecule has 0 saturated carbocycles. The Kier molecular flexibility index (Phi) is 8.26. The topological polar surface area (TPSA) is 32.8 Å². The van der Waals surface area contributed by atoms with E-state index in [0.717, 1.165) is 50.8 Å². The summed E-state index contributed by atoms with van der Waals surface area (Å²) < 4.78 is 5.85. The highest BCUT2D eigenvalue weighted by atomic mass is 16.5. The van der Waals surface area contributed by atoms with Crippen LogP contribution in [0.4, 0.5) is 34.1 Å². The van der Waals surface area contributed by atoms with Gasteiger partial charge in [0.15, 0.2) is 5.76 Å². The molecule has 0 unspecified atom stereocenters. The van der Waals surface area contributed by atoms with Crippen LogP contribution in [0.2, 0.25) is 0 Å². The van der Waals surface area contributed by atoms with E-state index in [9.17, 15) is 4.79 Å². The molecule has 0 saturated heterocycles. The Labute approximate surface area is 292 Å². The van der Waals surface area contributed by atoms with Crippen LogP contribution in [0.1, 0.15) is 21.5 Å². The Morgan fingerprint density at radius 1 is 0.460 bits per heavy atom. The lowest BCUT2D eigenvalue weighted by Crippen LogP contribution is -2.10. The summed E-state index contributed by atoms with van der Waals surface area (Å²) in [7, 11) is 0. The quantitative estimate of drug-likeness (QED) is 0.154. The van der Waals surface area contributed by atoms with Gasteiger partial charge < -0.3 is 14.5 Å². The SMILES string of the molecule is Cc1cccc(N(c2ccccc2)c2ccc(-c3ccc(N(c4ccccc4)c4ccc(C=C5Oc6ccccc6C5=O)cc4)cc3)cc2)c1. The zero-order valence-electron chi connectivity index (χ0n) is 27.6. The van der Waals surface area contributed by atoms with E-state index < -0.39 is 0 Å². The molecule has 8 rings (SSSR count). The van der Waals surface area contributed by atoms with Crippen molar-refractivity contribution in [1.82, 2.24) is 0 Å². The molecule has 0 amide bonds. The normalized spacial score (nSPS) is 12.7. The van der Waals surface area contributed by atoms with Gasteiger partial charge in [0, 0.05) is 34.1 Å². The molecular formula is C46H34N2O2. The van der Waals surface area contributed by atoms with Gasteiger partial charge in [-0.25, -0.2) is 0 Å². The maximum atomic E-state index is 12.8. The highest BCUT2D eigenvalue weighted by Crippen LogP contribution is 2.38. The summed E-state index contributed by atoms with van der Waals surface area (Å²) in [6.07, 6.45) is 1.80. The van der Waals surface area contributed by atoms with Crippen LogP contribution < -0.4 is 14.5 Å². The number of anilines is 6. The number of allylic oxidation sites excluding steroid dienone is 1. The summed E-state index contributed by atoms with van der Waals surface area (Å²) in [5, 5.41) is 0. The van der Waals surface area contributed by atoms with Crippen LogP contribution >= 0.6 is 0 Å². The van der Waals surface area contributed by atoms with Gasteiger partial charge in [0.1, 0.15) is 5.75 Å². The van der Waals surface area contributed by atoms with Gasteiger partial charge in [-0.1, -0.05) is 97.1 Å². The number of hydrogen-bond acceptors (Lipinski definition) is 4. The number of para-hydroxylation sites is 3. The molecule has 0 radical (unpaired) electrons. The third kappa shape index (κ3) is 6.18. The van der Waals surface area contributed by atoms with E-state index >= 15 is 0 Å². The molecule has 0 spiro atoms.